The summed E-state index contributed by atoms with van der Waals surface area (Å²) in [6.45, 7) is 0. The predicted octanol–water partition coefficient (Wildman–Crippen LogP) is 2.51. The molecule has 1 saturated carbocycles. The molecule has 16 heavy (non-hydrogen) atoms. The monoisotopic (exact) mass is 213 g/mol. The summed E-state index contributed by atoms with van der Waals surface area (Å²) < 4.78 is 0. The third-order valence-corrected chi connectivity index (χ3v) is 3.53. The van der Waals surface area contributed by atoms with Gasteiger partial charge in [0.15, 0.2) is 0 Å². The van der Waals surface area contributed by atoms with Crippen molar-refractivity contribution < 1.29 is 4.79 Å². The number of benzene rings is 1. The first-order chi connectivity index (χ1) is 7.86. The van der Waals surface area contributed by atoms with Crippen LogP contribution in [0, 0.1) is 0 Å². The van der Waals surface area contributed by atoms with E-state index in [0.29, 0.717) is 6.04 Å². The largest absolute Gasteiger partial charge is 0.346 e. The molecule has 3 rings (SSSR count). The number of hydrogen-bond acceptors (Lipinski definition) is 1. The number of carbonyl (C=O) groups is 1. The minimum absolute atomic E-state index is 0.119. The van der Waals surface area contributed by atoms with Gasteiger partial charge in [-0.25, -0.2) is 0 Å². The minimum atomic E-state index is 0.119. The van der Waals surface area contributed by atoms with Crippen LogP contribution in [0.3, 0.4) is 0 Å². The van der Waals surface area contributed by atoms with Gasteiger partial charge in [-0.3, -0.25) is 4.79 Å². The molecule has 2 aliphatic rings. The summed E-state index contributed by atoms with van der Waals surface area (Å²) in [5, 5.41) is 3.09. The van der Waals surface area contributed by atoms with E-state index in [2.05, 4.69) is 5.32 Å². The minimum Gasteiger partial charge on any atom is -0.346 e. The Kier molecular flexibility index (Phi) is 2.28. The third kappa shape index (κ3) is 1.45. The summed E-state index contributed by atoms with van der Waals surface area (Å²) in [6.07, 6.45) is 4.64. The maximum Gasteiger partial charge on any atom is 0.252 e. The molecule has 1 aromatic carbocycles. The van der Waals surface area contributed by atoms with Crippen molar-refractivity contribution >= 4 is 11.5 Å². The van der Waals surface area contributed by atoms with Crippen molar-refractivity contribution in [1.29, 1.82) is 0 Å². The van der Waals surface area contributed by atoms with Gasteiger partial charge in [0, 0.05) is 5.57 Å². The van der Waals surface area contributed by atoms with Crippen LogP contribution in [0.15, 0.2) is 35.9 Å². The van der Waals surface area contributed by atoms with E-state index in [4.69, 9.17) is 0 Å². The zero-order valence-electron chi connectivity index (χ0n) is 9.20. The Labute approximate surface area is 95.4 Å². The number of amides is 1. The summed E-state index contributed by atoms with van der Waals surface area (Å²) in [7, 11) is 0. The van der Waals surface area contributed by atoms with Crippen molar-refractivity contribution in [3.63, 3.8) is 0 Å². The van der Waals surface area contributed by atoms with Crippen LogP contribution in [0.4, 0.5) is 0 Å². The predicted molar refractivity (Wildman–Crippen MR) is 63.8 cm³/mol. The van der Waals surface area contributed by atoms with Gasteiger partial charge in [-0.05, 0) is 30.4 Å². The summed E-state index contributed by atoms with van der Waals surface area (Å²) in [5.74, 6) is 0.119. The molecular weight excluding hydrogens is 198 g/mol. The van der Waals surface area contributed by atoms with Crippen LogP contribution in [0.1, 0.15) is 31.2 Å². The molecule has 82 valence electrons. The van der Waals surface area contributed by atoms with Gasteiger partial charge >= 0.3 is 0 Å². The summed E-state index contributed by atoms with van der Waals surface area (Å²) >= 11 is 0. The fourth-order valence-corrected chi connectivity index (χ4v) is 2.77. The molecule has 0 aromatic heterocycles. The van der Waals surface area contributed by atoms with E-state index in [1.807, 2.05) is 30.3 Å². The molecular formula is C14H15NO. The highest BCUT2D eigenvalue weighted by atomic mass is 16.2. The fourth-order valence-electron chi connectivity index (χ4n) is 2.77. The lowest BCUT2D eigenvalue weighted by Gasteiger charge is -2.20. The summed E-state index contributed by atoms with van der Waals surface area (Å²) in [4.78, 5) is 12.0. The molecule has 2 heteroatoms. The molecule has 1 aliphatic carbocycles. The van der Waals surface area contributed by atoms with Crippen molar-refractivity contribution in [2.75, 3.05) is 0 Å². The van der Waals surface area contributed by atoms with E-state index in [1.54, 1.807) is 0 Å². The van der Waals surface area contributed by atoms with Gasteiger partial charge in [0.1, 0.15) is 0 Å². The van der Waals surface area contributed by atoms with Gasteiger partial charge in [0.25, 0.3) is 5.91 Å². The maximum atomic E-state index is 12.0. The standard InChI is InChI=1S/C14H15NO/c16-14-13(10-6-2-1-3-7-10)11-8-4-5-9-12(11)15-14/h1-3,6-7,12H,4-5,8-9H2,(H,15,16). The van der Waals surface area contributed by atoms with Crippen molar-refractivity contribution in [2.45, 2.75) is 31.7 Å². The van der Waals surface area contributed by atoms with Gasteiger partial charge < -0.3 is 5.32 Å². The van der Waals surface area contributed by atoms with E-state index in [-0.39, 0.29) is 5.91 Å². The summed E-state index contributed by atoms with van der Waals surface area (Å²) in [6, 6.07) is 10.3. The van der Waals surface area contributed by atoms with Crippen molar-refractivity contribution in [3.8, 4) is 0 Å². The van der Waals surface area contributed by atoms with Gasteiger partial charge in [0.2, 0.25) is 0 Å². The van der Waals surface area contributed by atoms with Crippen LogP contribution in [-0.2, 0) is 4.79 Å². The molecule has 1 atom stereocenters. The molecule has 0 radical (unpaired) electrons. The number of rotatable bonds is 1. The average molecular weight is 213 g/mol. The zero-order valence-corrected chi connectivity index (χ0v) is 9.20. The second-order valence-electron chi connectivity index (χ2n) is 4.54. The molecule has 1 heterocycles. The summed E-state index contributed by atoms with van der Waals surface area (Å²) in [5.41, 5.74) is 3.34. The third-order valence-electron chi connectivity index (χ3n) is 3.53. The molecule has 1 unspecified atom stereocenters. The smallest absolute Gasteiger partial charge is 0.252 e. The van der Waals surface area contributed by atoms with Crippen LogP contribution in [-0.4, -0.2) is 11.9 Å². The highest BCUT2D eigenvalue weighted by Crippen LogP contribution is 2.35. The van der Waals surface area contributed by atoms with Crippen molar-refractivity contribution in [1.82, 2.24) is 5.32 Å². The lowest BCUT2D eigenvalue weighted by Crippen LogP contribution is -2.30. The van der Waals surface area contributed by atoms with Crippen LogP contribution in [0.25, 0.3) is 5.57 Å². The lowest BCUT2D eigenvalue weighted by atomic mass is 9.87. The van der Waals surface area contributed by atoms with Crippen molar-refractivity contribution in [3.05, 3.63) is 41.5 Å². The van der Waals surface area contributed by atoms with Crippen molar-refractivity contribution in [2.24, 2.45) is 0 Å². The van der Waals surface area contributed by atoms with E-state index < -0.39 is 0 Å². The molecule has 0 saturated heterocycles. The van der Waals surface area contributed by atoms with Gasteiger partial charge in [0.05, 0.1) is 6.04 Å². The van der Waals surface area contributed by atoms with Crippen LogP contribution in [0.5, 0.6) is 0 Å². The Bertz CT molecular complexity index is 447. The van der Waals surface area contributed by atoms with Gasteiger partial charge in [-0.2, -0.15) is 0 Å². The lowest BCUT2D eigenvalue weighted by molar-refractivity contribution is -0.115. The Morgan fingerprint density at radius 2 is 1.94 bits per heavy atom. The topological polar surface area (TPSA) is 29.1 Å². The molecule has 1 aromatic rings. The zero-order chi connectivity index (χ0) is 11.0. The molecule has 0 bridgehead atoms. The number of carbonyl (C=O) groups excluding carboxylic acids is 1. The highest BCUT2D eigenvalue weighted by molar-refractivity contribution is 6.23. The van der Waals surface area contributed by atoms with Gasteiger partial charge in [-0.1, -0.05) is 36.8 Å². The second kappa shape index (κ2) is 3.78. The van der Waals surface area contributed by atoms with E-state index in [0.717, 1.165) is 24.0 Å². The molecule has 1 aliphatic heterocycles. The second-order valence-corrected chi connectivity index (χ2v) is 4.54. The Balaban J connectivity index is 2.07. The molecule has 0 spiro atoms. The normalized spacial score (nSPS) is 24.2. The molecule has 1 N–H and O–H groups in total. The molecule has 1 amide bonds. The Hall–Kier alpha value is -1.57. The quantitative estimate of drug-likeness (QED) is 0.763. The first-order valence-corrected chi connectivity index (χ1v) is 5.95. The Morgan fingerprint density at radius 1 is 1.12 bits per heavy atom. The highest BCUT2D eigenvalue weighted by Gasteiger charge is 2.33. The molecule has 1 fully saturated rings. The maximum absolute atomic E-state index is 12.0. The number of fused-ring (bicyclic) bond motifs is 1. The SMILES string of the molecule is O=C1NC2CCCCC2=C1c1ccccc1. The van der Waals surface area contributed by atoms with E-state index >= 15 is 0 Å². The first-order valence-electron chi connectivity index (χ1n) is 5.95. The molecule has 2 nitrogen and oxygen atoms in total. The van der Waals surface area contributed by atoms with Crippen LogP contribution >= 0.6 is 0 Å². The van der Waals surface area contributed by atoms with Gasteiger partial charge in [-0.15, -0.1) is 0 Å². The van der Waals surface area contributed by atoms with E-state index in [9.17, 15) is 4.79 Å². The fraction of sp³-hybridized carbons (Fsp3) is 0.357. The average Bonchev–Trinajstić information content (AvgIpc) is 2.66. The number of hydrogen-bond donors (Lipinski definition) is 1. The Morgan fingerprint density at radius 3 is 2.75 bits per heavy atom. The van der Waals surface area contributed by atoms with Crippen LogP contribution in [0.2, 0.25) is 0 Å². The first kappa shape index (κ1) is 9.64. The van der Waals surface area contributed by atoms with E-state index in [1.165, 1.54) is 18.4 Å². The van der Waals surface area contributed by atoms with Crippen LogP contribution < -0.4 is 5.32 Å². The number of nitrogens with one attached hydrogen (secondary N) is 1.